The molecular formula is C16H22BrNO3. The molecule has 1 aliphatic heterocycles. The van der Waals surface area contributed by atoms with Crippen molar-refractivity contribution in [3.63, 3.8) is 0 Å². The normalized spacial score (nSPS) is 18.7. The molecule has 5 heteroatoms. The second-order valence-corrected chi connectivity index (χ2v) is 7.13. The second kappa shape index (κ2) is 6.26. The monoisotopic (exact) mass is 355 g/mol. The van der Waals surface area contributed by atoms with Gasteiger partial charge in [0.1, 0.15) is 11.4 Å². The van der Waals surface area contributed by atoms with Crippen LogP contribution in [-0.4, -0.2) is 30.2 Å². The van der Waals surface area contributed by atoms with E-state index in [9.17, 15) is 4.79 Å². The molecule has 1 heterocycles. The van der Waals surface area contributed by atoms with Crippen LogP contribution >= 0.6 is 15.9 Å². The highest BCUT2D eigenvalue weighted by atomic mass is 79.9. The van der Waals surface area contributed by atoms with Crippen LogP contribution in [0.1, 0.15) is 45.2 Å². The van der Waals surface area contributed by atoms with Gasteiger partial charge in [-0.2, -0.15) is 0 Å². The van der Waals surface area contributed by atoms with Gasteiger partial charge >= 0.3 is 6.09 Å². The molecular weight excluding hydrogens is 334 g/mol. The number of likely N-dealkylation sites (tertiary alicyclic amines) is 1. The van der Waals surface area contributed by atoms with Crippen LogP contribution in [0.5, 0.6) is 5.75 Å². The Morgan fingerprint density at radius 1 is 1.38 bits per heavy atom. The lowest BCUT2D eigenvalue weighted by Gasteiger charge is -2.29. The van der Waals surface area contributed by atoms with Crippen LogP contribution in [0.15, 0.2) is 22.7 Å². The Labute approximate surface area is 134 Å². The number of benzene rings is 1. The predicted molar refractivity (Wildman–Crippen MR) is 85.6 cm³/mol. The van der Waals surface area contributed by atoms with Gasteiger partial charge in [0, 0.05) is 16.6 Å². The Kier molecular flexibility index (Phi) is 4.81. The average molecular weight is 356 g/mol. The average Bonchev–Trinajstić information content (AvgIpc) is 2.85. The molecule has 4 nitrogen and oxygen atoms in total. The lowest BCUT2D eigenvalue weighted by atomic mass is 10.0. The van der Waals surface area contributed by atoms with Crippen LogP contribution in [0.2, 0.25) is 0 Å². The third-order valence-corrected chi connectivity index (χ3v) is 3.92. The molecule has 2 rings (SSSR count). The number of rotatable bonds is 2. The van der Waals surface area contributed by atoms with Crippen LogP contribution in [0.3, 0.4) is 0 Å². The zero-order valence-corrected chi connectivity index (χ0v) is 14.6. The van der Waals surface area contributed by atoms with E-state index in [-0.39, 0.29) is 12.1 Å². The fourth-order valence-electron chi connectivity index (χ4n) is 2.59. The van der Waals surface area contributed by atoms with Gasteiger partial charge in [0.25, 0.3) is 0 Å². The summed E-state index contributed by atoms with van der Waals surface area (Å²) in [4.78, 5) is 14.2. The number of nitrogens with zero attached hydrogens (tertiary/aromatic N) is 1. The quantitative estimate of drug-likeness (QED) is 0.782. The van der Waals surface area contributed by atoms with E-state index in [1.165, 1.54) is 0 Å². The number of hydrogen-bond donors (Lipinski definition) is 0. The fourth-order valence-corrected chi connectivity index (χ4v) is 2.97. The van der Waals surface area contributed by atoms with Gasteiger partial charge in [0.05, 0.1) is 13.2 Å². The van der Waals surface area contributed by atoms with E-state index in [1.807, 2.05) is 39.0 Å². The summed E-state index contributed by atoms with van der Waals surface area (Å²) in [5.41, 5.74) is 0.543. The van der Waals surface area contributed by atoms with Crippen molar-refractivity contribution in [1.82, 2.24) is 4.90 Å². The highest BCUT2D eigenvalue weighted by Crippen LogP contribution is 2.39. The second-order valence-electron chi connectivity index (χ2n) is 6.22. The van der Waals surface area contributed by atoms with Gasteiger partial charge in [-0.15, -0.1) is 0 Å². The number of carbonyl (C=O) groups is 1. The van der Waals surface area contributed by atoms with Gasteiger partial charge in [-0.3, -0.25) is 0 Å². The summed E-state index contributed by atoms with van der Waals surface area (Å²) in [6.07, 6.45) is 1.64. The SMILES string of the molecule is COc1ccc(Br)cc1C1CCCN1C(=O)OC(C)(C)C. The smallest absolute Gasteiger partial charge is 0.410 e. The van der Waals surface area contributed by atoms with E-state index in [0.29, 0.717) is 0 Å². The van der Waals surface area contributed by atoms with Gasteiger partial charge in [-0.1, -0.05) is 15.9 Å². The summed E-state index contributed by atoms with van der Waals surface area (Å²) >= 11 is 3.49. The minimum Gasteiger partial charge on any atom is -0.496 e. The van der Waals surface area contributed by atoms with E-state index in [2.05, 4.69) is 15.9 Å². The van der Waals surface area contributed by atoms with Gasteiger partial charge in [0.15, 0.2) is 0 Å². The van der Waals surface area contributed by atoms with Crippen molar-refractivity contribution in [3.05, 3.63) is 28.2 Å². The summed E-state index contributed by atoms with van der Waals surface area (Å²) in [6.45, 7) is 6.37. The number of methoxy groups -OCH3 is 1. The molecule has 0 radical (unpaired) electrons. The molecule has 1 amide bonds. The van der Waals surface area contributed by atoms with E-state index < -0.39 is 5.60 Å². The van der Waals surface area contributed by atoms with E-state index >= 15 is 0 Å². The van der Waals surface area contributed by atoms with E-state index in [4.69, 9.17) is 9.47 Å². The maximum absolute atomic E-state index is 12.4. The zero-order chi connectivity index (χ0) is 15.6. The highest BCUT2D eigenvalue weighted by molar-refractivity contribution is 9.10. The largest absolute Gasteiger partial charge is 0.496 e. The van der Waals surface area contributed by atoms with Crippen molar-refractivity contribution in [2.75, 3.05) is 13.7 Å². The predicted octanol–water partition coefficient (Wildman–Crippen LogP) is 4.53. The van der Waals surface area contributed by atoms with E-state index in [0.717, 1.165) is 35.2 Å². The molecule has 0 bridgehead atoms. The summed E-state index contributed by atoms with van der Waals surface area (Å²) in [6, 6.07) is 5.89. The third-order valence-electron chi connectivity index (χ3n) is 3.43. The molecule has 0 aliphatic carbocycles. The number of hydrogen-bond acceptors (Lipinski definition) is 3. The first-order valence-corrected chi connectivity index (χ1v) is 7.94. The molecule has 1 unspecified atom stereocenters. The first kappa shape index (κ1) is 16.1. The summed E-state index contributed by atoms with van der Waals surface area (Å²) in [5, 5.41) is 0. The first-order valence-electron chi connectivity index (χ1n) is 7.15. The summed E-state index contributed by atoms with van der Waals surface area (Å²) < 4.78 is 11.9. The molecule has 0 spiro atoms. The van der Waals surface area contributed by atoms with Crippen LogP contribution in [-0.2, 0) is 4.74 Å². The Hall–Kier alpha value is -1.23. The molecule has 0 N–H and O–H groups in total. The van der Waals surface area contributed by atoms with Crippen molar-refractivity contribution in [2.45, 2.75) is 45.3 Å². The molecule has 1 saturated heterocycles. The molecule has 1 atom stereocenters. The number of ether oxygens (including phenoxy) is 2. The summed E-state index contributed by atoms with van der Waals surface area (Å²) in [5.74, 6) is 0.804. The van der Waals surface area contributed by atoms with Crippen LogP contribution in [0.4, 0.5) is 4.79 Å². The number of carbonyl (C=O) groups excluding carboxylic acids is 1. The molecule has 21 heavy (non-hydrogen) atoms. The number of amides is 1. The Bertz CT molecular complexity index is 525. The third kappa shape index (κ3) is 3.90. The molecule has 0 aromatic heterocycles. The van der Waals surface area contributed by atoms with Crippen molar-refractivity contribution >= 4 is 22.0 Å². The minimum absolute atomic E-state index is 0.00676. The van der Waals surface area contributed by atoms with Gasteiger partial charge in [-0.05, 0) is 51.8 Å². The molecule has 116 valence electrons. The minimum atomic E-state index is -0.481. The van der Waals surface area contributed by atoms with Crippen molar-refractivity contribution in [1.29, 1.82) is 0 Å². The standard InChI is InChI=1S/C16H22BrNO3/c1-16(2,3)21-15(19)18-9-5-6-13(18)12-10-11(17)7-8-14(12)20-4/h7-8,10,13H,5-6,9H2,1-4H3. The van der Waals surface area contributed by atoms with Crippen LogP contribution in [0.25, 0.3) is 0 Å². The molecule has 1 aliphatic rings. The summed E-state index contributed by atoms with van der Waals surface area (Å²) in [7, 11) is 1.65. The maximum Gasteiger partial charge on any atom is 0.410 e. The Balaban J connectivity index is 2.26. The molecule has 0 saturated carbocycles. The number of halogens is 1. The van der Waals surface area contributed by atoms with Gasteiger partial charge in [-0.25, -0.2) is 4.79 Å². The highest BCUT2D eigenvalue weighted by Gasteiger charge is 2.34. The lowest BCUT2D eigenvalue weighted by Crippen LogP contribution is -2.36. The van der Waals surface area contributed by atoms with Crippen LogP contribution < -0.4 is 4.74 Å². The molecule has 1 aromatic rings. The van der Waals surface area contributed by atoms with Gasteiger partial charge < -0.3 is 14.4 Å². The van der Waals surface area contributed by atoms with Crippen molar-refractivity contribution in [2.24, 2.45) is 0 Å². The Morgan fingerprint density at radius 3 is 2.71 bits per heavy atom. The zero-order valence-electron chi connectivity index (χ0n) is 13.0. The van der Waals surface area contributed by atoms with Gasteiger partial charge in [0.2, 0.25) is 0 Å². The first-order chi connectivity index (χ1) is 9.81. The maximum atomic E-state index is 12.4. The van der Waals surface area contributed by atoms with Crippen molar-refractivity contribution < 1.29 is 14.3 Å². The Morgan fingerprint density at radius 2 is 2.10 bits per heavy atom. The lowest BCUT2D eigenvalue weighted by molar-refractivity contribution is 0.0223. The molecule has 1 fully saturated rings. The fraction of sp³-hybridized carbons (Fsp3) is 0.562. The topological polar surface area (TPSA) is 38.8 Å². The van der Waals surface area contributed by atoms with Crippen molar-refractivity contribution in [3.8, 4) is 5.75 Å². The van der Waals surface area contributed by atoms with Crippen LogP contribution in [0, 0.1) is 0 Å². The molecule has 1 aromatic carbocycles. The van der Waals surface area contributed by atoms with E-state index in [1.54, 1.807) is 12.0 Å².